The first-order valence-corrected chi connectivity index (χ1v) is 7.08. The van der Waals surface area contributed by atoms with Crippen LogP contribution in [0.1, 0.15) is 12.8 Å². The van der Waals surface area contributed by atoms with Gasteiger partial charge in [0.05, 0.1) is 12.2 Å². The van der Waals surface area contributed by atoms with E-state index < -0.39 is 0 Å². The van der Waals surface area contributed by atoms with Gasteiger partial charge in [0.15, 0.2) is 5.13 Å². The number of anilines is 1. The number of pyridine rings is 1. The lowest BCUT2D eigenvalue weighted by atomic mass is 10.2. The molecule has 114 valence electrons. The average molecular weight is 347 g/mol. The third kappa shape index (κ3) is 5.24. The molecule has 2 N–H and O–H groups in total. The lowest BCUT2D eigenvalue weighted by Crippen LogP contribution is -2.29. The second kappa shape index (κ2) is 8.29. The Morgan fingerprint density at radius 1 is 1.29 bits per heavy atom. The van der Waals surface area contributed by atoms with Gasteiger partial charge >= 0.3 is 0 Å². The van der Waals surface area contributed by atoms with Crippen LogP contribution >= 0.6 is 36.2 Å². The lowest BCUT2D eigenvalue weighted by Gasteiger charge is -2.02. The molecule has 2 aromatic rings. The van der Waals surface area contributed by atoms with Crippen molar-refractivity contribution in [3.05, 3.63) is 29.9 Å². The molecule has 8 heteroatoms. The Morgan fingerprint density at radius 3 is 2.67 bits per heavy atom. The molecule has 5 nitrogen and oxygen atoms in total. The highest BCUT2D eigenvalue weighted by Gasteiger charge is 2.21. The van der Waals surface area contributed by atoms with Crippen LogP contribution in [-0.4, -0.2) is 28.5 Å². The van der Waals surface area contributed by atoms with Crippen molar-refractivity contribution in [1.29, 1.82) is 0 Å². The highest BCUT2D eigenvalue weighted by molar-refractivity contribution is 7.14. The van der Waals surface area contributed by atoms with E-state index in [2.05, 4.69) is 20.6 Å². The molecule has 2 heterocycles. The van der Waals surface area contributed by atoms with E-state index in [1.165, 1.54) is 24.2 Å². The normalized spacial score (nSPS) is 13.0. The molecule has 0 atom stereocenters. The smallest absolute Gasteiger partial charge is 0.240 e. The molecule has 21 heavy (non-hydrogen) atoms. The second-order valence-electron chi connectivity index (χ2n) is 4.48. The van der Waals surface area contributed by atoms with E-state index in [1.807, 2.05) is 17.5 Å². The van der Waals surface area contributed by atoms with E-state index in [1.54, 1.807) is 12.4 Å². The molecule has 1 aliphatic carbocycles. The largest absolute Gasteiger partial charge is 0.306 e. The fraction of sp³-hybridized carbons (Fsp3) is 0.308. The Morgan fingerprint density at radius 2 is 2.00 bits per heavy atom. The van der Waals surface area contributed by atoms with Crippen LogP contribution in [-0.2, 0) is 4.79 Å². The van der Waals surface area contributed by atoms with Gasteiger partial charge in [0.25, 0.3) is 0 Å². The minimum Gasteiger partial charge on any atom is -0.306 e. The summed E-state index contributed by atoms with van der Waals surface area (Å²) in [6.07, 6.45) is 5.81. The molecule has 0 saturated heterocycles. The summed E-state index contributed by atoms with van der Waals surface area (Å²) >= 11 is 1.43. The van der Waals surface area contributed by atoms with Crippen LogP contribution in [0.2, 0.25) is 0 Å². The van der Waals surface area contributed by atoms with Gasteiger partial charge in [-0.25, -0.2) is 4.98 Å². The van der Waals surface area contributed by atoms with Crippen LogP contribution in [0.5, 0.6) is 0 Å². The van der Waals surface area contributed by atoms with Crippen molar-refractivity contribution < 1.29 is 4.79 Å². The van der Waals surface area contributed by atoms with Crippen molar-refractivity contribution in [1.82, 2.24) is 15.3 Å². The highest BCUT2D eigenvalue weighted by atomic mass is 35.5. The average Bonchev–Trinajstić information content (AvgIpc) is 3.16. The molecule has 1 aliphatic rings. The molecule has 0 unspecified atom stereocenters. The predicted octanol–water partition coefficient (Wildman–Crippen LogP) is 2.74. The van der Waals surface area contributed by atoms with Gasteiger partial charge in [-0.1, -0.05) is 0 Å². The summed E-state index contributed by atoms with van der Waals surface area (Å²) in [5.41, 5.74) is 1.86. The van der Waals surface area contributed by atoms with Crippen molar-refractivity contribution in [2.45, 2.75) is 18.9 Å². The highest BCUT2D eigenvalue weighted by Crippen LogP contribution is 2.24. The van der Waals surface area contributed by atoms with Crippen LogP contribution in [0.3, 0.4) is 0 Å². The number of halogens is 2. The molecule has 0 spiro atoms. The number of carbonyl (C=O) groups excluding carboxylic acids is 1. The Balaban J connectivity index is 0.00000110. The van der Waals surface area contributed by atoms with Gasteiger partial charge in [-0.3, -0.25) is 9.78 Å². The number of rotatable bonds is 5. The van der Waals surface area contributed by atoms with E-state index in [-0.39, 0.29) is 30.7 Å². The minimum absolute atomic E-state index is 0. The fourth-order valence-corrected chi connectivity index (χ4v) is 2.41. The third-order valence-corrected chi connectivity index (χ3v) is 3.61. The molecule has 0 bridgehead atoms. The van der Waals surface area contributed by atoms with Crippen molar-refractivity contribution in [2.24, 2.45) is 0 Å². The Bertz CT molecular complexity index is 575. The van der Waals surface area contributed by atoms with Gasteiger partial charge in [0, 0.05) is 29.4 Å². The fourth-order valence-electron chi connectivity index (χ4n) is 1.67. The zero-order valence-electron chi connectivity index (χ0n) is 11.1. The number of carbonyl (C=O) groups is 1. The number of hydrogen-bond acceptors (Lipinski definition) is 5. The summed E-state index contributed by atoms with van der Waals surface area (Å²) in [5, 5.41) is 8.54. The second-order valence-corrected chi connectivity index (χ2v) is 5.34. The summed E-state index contributed by atoms with van der Waals surface area (Å²) < 4.78 is 0. The summed E-state index contributed by atoms with van der Waals surface area (Å²) in [7, 11) is 0. The van der Waals surface area contributed by atoms with Crippen LogP contribution < -0.4 is 10.6 Å². The molecule has 0 aromatic carbocycles. The number of nitrogens with one attached hydrogen (secondary N) is 2. The molecule has 0 aliphatic heterocycles. The maximum atomic E-state index is 11.7. The summed E-state index contributed by atoms with van der Waals surface area (Å²) in [5.74, 6) is -0.0393. The number of aromatic nitrogens is 2. The molecule has 1 saturated carbocycles. The molecule has 2 aromatic heterocycles. The first-order valence-electron chi connectivity index (χ1n) is 6.20. The van der Waals surface area contributed by atoms with Gasteiger partial charge < -0.3 is 10.6 Å². The number of amides is 1. The van der Waals surface area contributed by atoms with E-state index in [9.17, 15) is 4.79 Å². The molecule has 3 rings (SSSR count). The van der Waals surface area contributed by atoms with Crippen LogP contribution in [0, 0.1) is 0 Å². The van der Waals surface area contributed by atoms with Crippen LogP contribution in [0.15, 0.2) is 29.9 Å². The maximum Gasteiger partial charge on any atom is 0.240 e. The van der Waals surface area contributed by atoms with Crippen molar-refractivity contribution in [3.63, 3.8) is 0 Å². The van der Waals surface area contributed by atoms with Crippen LogP contribution in [0.4, 0.5) is 5.13 Å². The van der Waals surface area contributed by atoms with Gasteiger partial charge in [0.1, 0.15) is 0 Å². The first kappa shape index (κ1) is 17.8. The third-order valence-electron chi connectivity index (χ3n) is 2.86. The van der Waals surface area contributed by atoms with Crippen molar-refractivity contribution in [3.8, 4) is 11.3 Å². The quantitative estimate of drug-likeness (QED) is 0.873. The van der Waals surface area contributed by atoms with Gasteiger partial charge in [-0.05, 0) is 25.0 Å². The van der Waals surface area contributed by atoms with E-state index in [0.29, 0.717) is 17.7 Å². The zero-order chi connectivity index (χ0) is 13.1. The molecular formula is C13H16Cl2N4OS. The predicted molar refractivity (Wildman–Crippen MR) is 89.5 cm³/mol. The SMILES string of the molecule is Cl.Cl.O=C(CNC1CC1)Nc1nc(-c2ccncc2)cs1. The minimum atomic E-state index is -0.0393. The Kier molecular flexibility index (Phi) is 7.04. The number of thiazole rings is 1. The van der Waals surface area contributed by atoms with Gasteiger partial charge in [0.2, 0.25) is 5.91 Å². The van der Waals surface area contributed by atoms with E-state index in [0.717, 1.165) is 11.3 Å². The van der Waals surface area contributed by atoms with E-state index >= 15 is 0 Å². The molecular weight excluding hydrogens is 331 g/mol. The Hall–Kier alpha value is -1.21. The summed E-state index contributed by atoms with van der Waals surface area (Å²) in [6.45, 7) is 0.356. The Labute approximate surface area is 139 Å². The first-order chi connectivity index (χ1) is 9.31. The summed E-state index contributed by atoms with van der Waals surface area (Å²) in [6, 6.07) is 4.33. The zero-order valence-corrected chi connectivity index (χ0v) is 13.6. The van der Waals surface area contributed by atoms with Gasteiger partial charge in [-0.2, -0.15) is 0 Å². The maximum absolute atomic E-state index is 11.7. The number of nitrogens with zero attached hydrogens (tertiary/aromatic N) is 2. The van der Waals surface area contributed by atoms with Gasteiger partial charge in [-0.15, -0.1) is 36.2 Å². The summed E-state index contributed by atoms with van der Waals surface area (Å²) in [4.78, 5) is 20.0. The topological polar surface area (TPSA) is 66.9 Å². The standard InChI is InChI=1S/C13H14N4OS.2ClH/c18-12(7-15-10-1-2-10)17-13-16-11(8-19-13)9-3-5-14-6-4-9;;/h3-6,8,10,15H,1-2,7H2,(H,16,17,18);2*1H. The van der Waals surface area contributed by atoms with Crippen molar-refractivity contribution in [2.75, 3.05) is 11.9 Å². The molecule has 1 amide bonds. The van der Waals surface area contributed by atoms with E-state index in [4.69, 9.17) is 0 Å². The van der Waals surface area contributed by atoms with Crippen molar-refractivity contribution >= 4 is 47.2 Å². The van der Waals surface area contributed by atoms with Crippen LogP contribution in [0.25, 0.3) is 11.3 Å². The number of hydrogen-bond donors (Lipinski definition) is 2. The molecule has 0 radical (unpaired) electrons. The molecule has 1 fully saturated rings. The lowest BCUT2D eigenvalue weighted by molar-refractivity contribution is -0.115. The monoisotopic (exact) mass is 346 g/mol.